The molecule has 2 atom stereocenters. The second kappa shape index (κ2) is 7.79. The van der Waals surface area contributed by atoms with E-state index >= 15 is 0 Å². The Balaban J connectivity index is 1.86. The molecular formula is C17H21F3N2O2. The van der Waals surface area contributed by atoms with E-state index in [1.54, 1.807) is 0 Å². The molecule has 7 heteroatoms. The molecule has 2 rings (SSSR count). The molecule has 0 radical (unpaired) electrons. The molecule has 1 amide bonds. The third-order valence-electron chi connectivity index (χ3n) is 4.14. The van der Waals surface area contributed by atoms with E-state index in [1.807, 2.05) is 37.3 Å². The number of rotatable bonds is 6. The van der Waals surface area contributed by atoms with Crippen LogP contribution in [0.3, 0.4) is 0 Å². The molecule has 0 aliphatic carbocycles. The lowest BCUT2D eigenvalue weighted by Crippen LogP contribution is -2.49. The topological polar surface area (TPSA) is 49.4 Å². The van der Waals surface area contributed by atoms with Crippen LogP contribution >= 0.6 is 0 Å². The smallest absolute Gasteiger partial charge is 0.325 e. The van der Waals surface area contributed by atoms with Gasteiger partial charge in [-0.05, 0) is 31.7 Å². The summed E-state index contributed by atoms with van der Waals surface area (Å²) in [5, 5.41) is 3.04. The van der Waals surface area contributed by atoms with Crippen LogP contribution in [0.5, 0.6) is 0 Å². The van der Waals surface area contributed by atoms with E-state index in [9.17, 15) is 22.8 Å². The zero-order valence-electron chi connectivity index (χ0n) is 13.5. The number of likely N-dealkylation sites (tertiary alicyclic amines) is 1. The van der Waals surface area contributed by atoms with Crippen molar-refractivity contribution >= 4 is 11.7 Å². The molecule has 0 bridgehead atoms. The number of benzene rings is 1. The highest BCUT2D eigenvalue weighted by molar-refractivity contribution is 5.92. The van der Waals surface area contributed by atoms with Crippen molar-refractivity contribution < 1.29 is 22.8 Å². The normalized spacial score (nSPS) is 19.3. The molecule has 1 fully saturated rings. The number of ketones is 1. The van der Waals surface area contributed by atoms with E-state index in [0.29, 0.717) is 17.7 Å². The first-order valence-electron chi connectivity index (χ1n) is 7.97. The Hall–Kier alpha value is -1.89. The maximum absolute atomic E-state index is 12.6. The fourth-order valence-corrected chi connectivity index (χ4v) is 2.94. The van der Waals surface area contributed by atoms with E-state index < -0.39 is 18.1 Å². The first-order valence-corrected chi connectivity index (χ1v) is 7.97. The van der Waals surface area contributed by atoms with Gasteiger partial charge in [-0.15, -0.1) is 0 Å². The van der Waals surface area contributed by atoms with Gasteiger partial charge in [-0.1, -0.05) is 30.3 Å². The number of Topliss-reactive ketones (excluding diaryl/α,β-unsaturated/α-hetero) is 1. The third-order valence-corrected chi connectivity index (χ3v) is 4.14. The van der Waals surface area contributed by atoms with Gasteiger partial charge < -0.3 is 10.2 Å². The quantitative estimate of drug-likeness (QED) is 0.863. The summed E-state index contributed by atoms with van der Waals surface area (Å²) in [4.78, 5) is 24.3. The van der Waals surface area contributed by atoms with Crippen molar-refractivity contribution in [3.63, 3.8) is 0 Å². The van der Waals surface area contributed by atoms with Crippen LogP contribution in [0.15, 0.2) is 30.3 Å². The third kappa shape index (κ3) is 4.80. The number of nitrogens with zero attached hydrogens (tertiary/aromatic N) is 1. The molecule has 24 heavy (non-hydrogen) atoms. The lowest BCUT2D eigenvalue weighted by atomic mass is 10.1. The van der Waals surface area contributed by atoms with Crippen molar-refractivity contribution in [1.29, 1.82) is 0 Å². The number of nitrogens with one attached hydrogen (secondary N) is 1. The average Bonchev–Trinajstić information content (AvgIpc) is 3.01. The van der Waals surface area contributed by atoms with Crippen molar-refractivity contribution in [3.8, 4) is 0 Å². The van der Waals surface area contributed by atoms with E-state index in [-0.39, 0.29) is 31.3 Å². The number of halogens is 3. The highest BCUT2D eigenvalue weighted by Gasteiger charge is 2.47. The van der Waals surface area contributed by atoms with Crippen LogP contribution in [0, 0.1) is 0 Å². The molecule has 132 valence electrons. The SMILES string of the molecule is CC(Cc1ccccc1)NCC(=O)[C@@H]1CCCN1C(=O)C(F)(F)F. The number of carbonyl (C=O) groups is 2. The Kier molecular flexibility index (Phi) is 5.99. The van der Waals surface area contributed by atoms with Crippen LogP contribution in [0.25, 0.3) is 0 Å². The average molecular weight is 342 g/mol. The van der Waals surface area contributed by atoms with Gasteiger partial charge in [0.05, 0.1) is 12.6 Å². The van der Waals surface area contributed by atoms with Gasteiger partial charge in [-0.2, -0.15) is 13.2 Å². The van der Waals surface area contributed by atoms with E-state index in [0.717, 1.165) is 5.56 Å². The van der Waals surface area contributed by atoms with Gasteiger partial charge in [-0.25, -0.2) is 0 Å². The zero-order chi connectivity index (χ0) is 17.7. The molecule has 1 unspecified atom stereocenters. The Labute approximate surface area is 139 Å². The predicted octanol–water partition coefficient (Wildman–Crippen LogP) is 2.33. The number of hydrogen-bond donors (Lipinski definition) is 1. The summed E-state index contributed by atoms with van der Waals surface area (Å²) in [6, 6.07) is 8.73. The summed E-state index contributed by atoms with van der Waals surface area (Å²) in [6.07, 6.45) is -3.52. The maximum Gasteiger partial charge on any atom is 0.471 e. The van der Waals surface area contributed by atoms with Gasteiger partial charge in [0.1, 0.15) is 0 Å². The Morgan fingerprint density at radius 3 is 2.58 bits per heavy atom. The van der Waals surface area contributed by atoms with Crippen LogP contribution in [0.4, 0.5) is 13.2 Å². The molecule has 1 aliphatic heterocycles. The molecule has 1 N–H and O–H groups in total. The molecule has 1 heterocycles. The molecule has 0 saturated carbocycles. The Morgan fingerprint density at radius 2 is 1.96 bits per heavy atom. The minimum Gasteiger partial charge on any atom is -0.325 e. The Bertz CT molecular complexity index is 575. The molecule has 0 spiro atoms. The molecule has 0 aromatic heterocycles. The first-order chi connectivity index (χ1) is 11.3. The number of alkyl halides is 3. The van der Waals surface area contributed by atoms with Gasteiger partial charge in [0.25, 0.3) is 0 Å². The summed E-state index contributed by atoms with van der Waals surface area (Å²) in [6.45, 7) is 1.85. The van der Waals surface area contributed by atoms with Crippen LogP contribution < -0.4 is 5.32 Å². The first kappa shape index (κ1) is 18.4. The monoisotopic (exact) mass is 342 g/mol. The Morgan fingerprint density at radius 1 is 1.29 bits per heavy atom. The number of hydrogen-bond acceptors (Lipinski definition) is 3. The number of amides is 1. The van der Waals surface area contributed by atoms with E-state index in [4.69, 9.17) is 0 Å². The minimum atomic E-state index is -4.93. The van der Waals surface area contributed by atoms with Crippen LogP contribution in [-0.2, 0) is 16.0 Å². The van der Waals surface area contributed by atoms with Crippen molar-refractivity contribution in [1.82, 2.24) is 10.2 Å². The molecule has 1 aromatic carbocycles. The van der Waals surface area contributed by atoms with Gasteiger partial charge in [0.2, 0.25) is 0 Å². The largest absolute Gasteiger partial charge is 0.471 e. The lowest BCUT2D eigenvalue weighted by molar-refractivity contribution is -0.186. The van der Waals surface area contributed by atoms with Crippen LogP contribution in [0.2, 0.25) is 0 Å². The highest BCUT2D eigenvalue weighted by Crippen LogP contribution is 2.26. The lowest BCUT2D eigenvalue weighted by Gasteiger charge is -2.25. The summed E-state index contributed by atoms with van der Waals surface area (Å²) >= 11 is 0. The minimum absolute atomic E-state index is 0.00419. The number of carbonyl (C=O) groups excluding carboxylic acids is 2. The highest BCUT2D eigenvalue weighted by atomic mass is 19.4. The van der Waals surface area contributed by atoms with Gasteiger partial charge in [-0.3, -0.25) is 9.59 Å². The standard InChI is InChI=1S/C17H21F3N2O2/c1-12(10-13-6-3-2-4-7-13)21-11-15(23)14-8-5-9-22(14)16(24)17(18,19)20/h2-4,6-7,12,14,21H,5,8-11H2,1H3/t12?,14-/m0/s1. The second-order valence-corrected chi connectivity index (χ2v) is 6.09. The summed E-state index contributed by atoms with van der Waals surface area (Å²) < 4.78 is 37.7. The molecule has 4 nitrogen and oxygen atoms in total. The van der Waals surface area contributed by atoms with E-state index in [1.165, 1.54) is 0 Å². The van der Waals surface area contributed by atoms with Gasteiger partial charge >= 0.3 is 12.1 Å². The van der Waals surface area contributed by atoms with E-state index in [2.05, 4.69) is 5.32 Å². The van der Waals surface area contributed by atoms with Gasteiger partial charge in [0, 0.05) is 12.6 Å². The molecule has 1 aromatic rings. The van der Waals surface area contributed by atoms with Crippen LogP contribution in [-0.4, -0.2) is 47.9 Å². The fourth-order valence-electron chi connectivity index (χ4n) is 2.94. The second-order valence-electron chi connectivity index (χ2n) is 6.09. The predicted molar refractivity (Wildman–Crippen MR) is 83.4 cm³/mol. The van der Waals surface area contributed by atoms with Crippen molar-refractivity contribution in [2.24, 2.45) is 0 Å². The molecular weight excluding hydrogens is 321 g/mol. The molecule has 1 aliphatic rings. The summed E-state index contributed by atoms with van der Waals surface area (Å²) in [5.74, 6) is -2.29. The van der Waals surface area contributed by atoms with Crippen LogP contribution in [0.1, 0.15) is 25.3 Å². The van der Waals surface area contributed by atoms with Crippen molar-refractivity contribution in [2.45, 2.75) is 44.4 Å². The van der Waals surface area contributed by atoms with Gasteiger partial charge in [0.15, 0.2) is 5.78 Å². The van der Waals surface area contributed by atoms with Crippen molar-refractivity contribution in [2.75, 3.05) is 13.1 Å². The molecule has 1 saturated heterocycles. The zero-order valence-corrected chi connectivity index (χ0v) is 13.5. The summed E-state index contributed by atoms with van der Waals surface area (Å²) in [5.41, 5.74) is 1.11. The summed E-state index contributed by atoms with van der Waals surface area (Å²) in [7, 11) is 0. The fraction of sp³-hybridized carbons (Fsp3) is 0.529. The van der Waals surface area contributed by atoms with Crippen molar-refractivity contribution in [3.05, 3.63) is 35.9 Å². The maximum atomic E-state index is 12.6.